The molecule has 2 saturated carbocycles. The Labute approximate surface area is 217 Å². The zero-order valence-corrected chi connectivity index (χ0v) is 23.1. The average molecular weight is 479 g/mol. The number of rotatable bonds is 5. The van der Waals surface area contributed by atoms with Gasteiger partial charge in [0, 0.05) is 17.2 Å². The summed E-state index contributed by atoms with van der Waals surface area (Å²) in [6.45, 7) is 8.24. The third-order valence-corrected chi connectivity index (χ3v) is 8.82. The van der Waals surface area contributed by atoms with Crippen molar-refractivity contribution in [3.63, 3.8) is 0 Å². The van der Waals surface area contributed by atoms with Gasteiger partial charge in [-0.25, -0.2) is 4.98 Å². The summed E-state index contributed by atoms with van der Waals surface area (Å²) in [7, 11) is 0. The summed E-state index contributed by atoms with van der Waals surface area (Å²) < 4.78 is 0. The van der Waals surface area contributed by atoms with Gasteiger partial charge in [-0.2, -0.15) is 0 Å². The largest absolute Gasteiger partial charge is 0.345 e. The number of H-pyrrole nitrogens is 1. The molecule has 2 heteroatoms. The summed E-state index contributed by atoms with van der Waals surface area (Å²) in [4.78, 5) is 8.78. The lowest BCUT2D eigenvalue weighted by atomic mass is 9.78. The van der Waals surface area contributed by atoms with Crippen molar-refractivity contribution in [2.75, 3.05) is 0 Å². The van der Waals surface area contributed by atoms with Gasteiger partial charge in [-0.3, -0.25) is 0 Å². The van der Waals surface area contributed by atoms with E-state index in [1.807, 2.05) is 13.0 Å². The first-order valence-electron chi connectivity index (χ1n) is 15.2. The predicted octanol–water partition coefficient (Wildman–Crippen LogP) is 10.6. The molecule has 0 spiro atoms. The van der Waals surface area contributed by atoms with Crippen LogP contribution < -0.4 is 0 Å². The number of allylic oxidation sites excluding steroid dienone is 5. The highest BCUT2D eigenvalue weighted by atomic mass is 14.9. The van der Waals surface area contributed by atoms with Crippen molar-refractivity contribution in [2.24, 2.45) is 11.8 Å². The number of hydrogen-bond acceptors (Lipinski definition) is 1. The van der Waals surface area contributed by atoms with E-state index in [4.69, 9.17) is 4.98 Å². The molecule has 2 unspecified atom stereocenters. The minimum absolute atomic E-state index is 0.573. The molecule has 1 aromatic heterocycles. The van der Waals surface area contributed by atoms with Gasteiger partial charge in [0.15, 0.2) is 0 Å². The maximum Gasteiger partial charge on any atom is 0.110 e. The second-order valence-corrected chi connectivity index (χ2v) is 11.5. The number of nitrogens with one attached hydrogen (secondary N) is 1. The molecule has 1 aromatic rings. The van der Waals surface area contributed by atoms with Crippen molar-refractivity contribution in [3.8, 4) is 0 Å². The van der Waals surface area contributed by atoms with Gasteiger partial charge in [-0.05, 0) is 38.5 Å². The molecule has 0 aromatic carbocycles. The summed E-state index contributed by atoms with van der Waals surface area (Å²) in [5.41, 5.74) is 3.37. The van der Waals surface area contributed by atoms with Crippen LogP contribution in [0.1, 0.15) is 152 Å². The Morgan fingerprint density at radius 3 is 1.74 bits per heavy atom. The summed E-state index contributed by atoms with van der Waals surface area (Å²) in [5.74, 6) is 3.77. The van der Waals surface area contributed by atoms with Crippen LogP contribution in [0.5, 0.6) is 0 Å². The molecule has 0 bridgehead atoms. The Hall–Kier alpha value is -1.57. The van der Waals surface area contributed by atoms with Crippen molar-refractivity contribution < 1.29 is 0 Å². The molecule has 0 saturated heterocycles. The molecular formula is C33H54N2. The topological polar surface area (TPSA) is 28.7 Å². The molecule has 0 aliphatic heterocycles. The SMILES string of the molecule is C=C/C(=C\C=C/C)c1nc(C2CCCCCC(C3CCCCCCCCCC3)CCCC2)[nH]c1C. The molecule has 1 N–H and O–H groups in total. The van der Waals surface area contributed by atoms with Gasteiger partial charge in [0.25, 0.3) is 0 Å². The van der Waals surface area contributed by atoms with E-state index in [1.165, 1.54) is 134 Å². The normalized spacial score (nSPS) is 25.6. The molecule has 2 nitrogen and oxygen atoms in total. The molecule has 1 heterocycles. The van der Waals surface area contributed by atoms with E-state index >= 15 is 0 Å². The Balaban J connectivity index is 1.61. The summed E-state index contributed by atoms with van der Waals surface area (Å²) in [5, 5.41) is 0. The Bertz CT molecular complexity index is 771. The molecule has 196 valence electrons. The number of nitrogens with zero attached hydrogens (tertiary/aromatic N) is 1. The molecular weight excluding hydrogens is 424 g/mol. The average Bonchev–Trinajstić information content (AvgIpc) is 3.19. The predicted molar refractivity (Wildman–Crippen MR) is 154 cm³/mol. The summed E-state index contributed by atoms with van der Waals surface area (Å²) in [6.07, 6.45) is 35.5. The highest BCUT2D eigenvalue weighted by Gasteiger charge is 2.23. The zero-order valence-electron chi connectivity index (χ0n) is 23.1. The number of aryl methyl sites for hydroxylation is 1. The van der Waals surface area contributed by atoms with Gasteiger partial charge in [-0.15, -0.1) is 0 Å². The monoisotopic (exact) mass is 478 g/mol. The van der Waals surface area contributed by atoms with Gasteiger partial charge in [-0.1, -0.05) is 140 Å². The van der Waals surface area contributed by atoms with Gasteiger partial charge in [0.2, 0.25) is 0 Å². The minimum atomic E-state index is 0.573. The minimum Gasteiger partial charge on any atom is -0.345 e. The lowest BCUT2D eigenvalue weighted by Crippen LogP contribution is -2.16. The number of aromatic nitrogens is 2. The van der Waals surface area contributed by atoms with Crippen molar-refractivity contribution in [3.05, 3.63) is 48.1 Å². The van der Waals surface area contributed by atoms with Crippen LogP contribution in [0.15, 0.2) is 30.9 Å². The molecule has 0 amide bonds. The molecule has 2 atom stereocenters. The molecule has 3 rings (SSSR count). The molecule has 2 fully saturated rings. The van der Waals surface area contributed by atoms with Crippen LogP contribution in [-0.4, -0.2) is 9.97 Å². The maximum atomic E-state index is 5.11. The Kier molecular flexibility index (Phi) is 13.0. The van der Waals surface area contributed by atoms with Crippen LogP contribution in [0.2, 0.25) is 0 Å². The van der Waals surface area contributed by atoms with Crippen molar-refractivity contribution >= 4 is 5.57 Å². The fraction of sp³-hybridized carbons (Fsp3) is 0.727. The fourth-order valence-corrected chi connectivity index (χ4v) is 6.70. The lowest BCUT2D eigenvalue weighted by Gasteiger charge is -2.28. The fourth-order valence-electron chi connectivity index (χ4n) is 6.70. The Morgan fingerprint density at radius 1 is 0.743 bits per heavy atom. The van der Waals surface area contributed by atoms with Crippen molar-refractivity contribution in [1.82, 2.24) is 9.97 Å². The van der Waals surface area contributed by atoms with Crippen LogP contribution in [-0.2, 0) is 0 Å². The quantitative estimate of drug-likeness (QED) is 0.419. The van der Waals surface area contributed by atoms with Crippen LogP contribution in [0.25, 0.3) is 5.57 Å². The van der Waals surface area contributed by atoms with E-state index in [0.717, 1.165) is 23.1 Å². The van der Waals surface area contributed by atoms with Crippen LogP contribution in [0, 0.1) is 18.8 Å². The molecule has 0 radical (unpaired) electrons. The van der Waals surface area contributed by atoms with Crippen LogP contribution in [0.3, 0.4) is 0 Å². The second kappa shape index (κ2) is 16.2. The smallest absolute Gasteiger partial charge is 0.110 e. The van der Waals surface area contributed by atoms with Gasteiger partial charge in [0.05, 0.1) is 5.69 Å². The van der Waals surface area contributed by atoms with E-state index in [1.54, 1.807) is 0 Å². The van der Waals surface area contributed by atoms with Gasteiger partial charge in [0.1, 0.15) is 5.82 Å². The maximum absolute atomic E-state index is 5.11. The second-order valence-electron chi connectivity index (χ2n) is 11.5. The highest BCUT2D eigenvalue weighted by molar-refractivity contribution is 5.73. The van der Waals surface area contributed by atoms with E-state index in [-0.39, 0.29) is 0 Å². The van der Waals surface area contributed by atoms with E-state index < -0.39 is 0 Å². The van der Waals surface area contributed by atoms with Crippen molar-refractivity contribution in [1.29, 1.82) is 0 Å². The first kappa shape index (κ1) is 28.0. The van der Waals surface area contributed by atoms with E-state index in [9.17, 15) is 0 Å². The Morgan fingerprint density at radius 2 is 1.20 bits per heavy atom. The number of hydrogen-bond donors (Lipinski definition) is 1. The first-order valence-corrected chi connectivity index (χ1v) is 15.2. The van der Waals surface area contributed by atoms with Crippen molar-refractivity contribution in [2.45, 2.75) is 142 Å². The van der Waals surface area contributed by atoms with E-state index in [2.05, 4.69) is 36.7 Å². The van der Waals surface area contributed by atoms with E-state index in [0.29, 0.717) is 5.92 Å². The number of imidazole rings is 1. The summed E-state index contributed by atoms with van der Waals surface area (Å²) >= 11 is 0. The van der Waals surface area contributed by atoms with Crippen LogP contribution in [0.4, 0.5) is 0 Å². The first-order chi connectivity index (χ1) is 17.2. The lowest BCUT2D eigenvalue weighted by molar-refractivity contribution is 0.240. The van der Waals surface area contributed by atoms with Gasteiger partial charge < -0.3 is 4.98 Å². The molecule has 35 heavy (non-hydrogen) atoms. The highest BCUT2D eigenvalue weighted by Crippen LogP contribution is 2.36. The van der Waals surface area contributed by atoms with Gasteiger partial charge >= 0.3 is 0 Å². The third kappa shape index (κ3) is 9.43. The molecule has 2 aliphatic carbocycles. The molecule has 2 aliphatic rings. The number of aromatic amines is 1. The third-order valence-electron chi connectivity index (χ3n) is 8.82. The standard InChI is InChI=1S/C33H54N2/c1-4-6-20-28(5-2)32-27(3)34-33(35-32)31-25-17-13-16-23-30(24-18-19-26-31)29-21-14-11-9-7-8-10-12-15-22-29/h4-6,20,29-31H,2,7-19,21-26H2,1,3H3,(H,34,35)/b6-4-,28-20+. The van der Waals surface area contributed by atoms with Crippen LogP contribution >= 0.6 is 0 Å². The summed E-state index contributed by atoms with van der Waals surface area (Å²) in [6, 6.07) is 0. The zero-order chi connectivity index (χ0) is 24.7.